The van der Waals surface area contributed by atoms with Crippen molar-refractivity contribution in [2.24, 2.45) is 0 Å². The lowest BCUT2D eigenvalue weighted by Crippen LogP contribution is -2.29. The second kappa shape index (κ2) is 4.00. The molecule has 0 aliphatic carbocycles. The molecule has 76 valence electrons. The predicted molar refractivity (Wildman–Crippen MR) is 68.1 cm³/mol. The highest BCUT2D eigenvalue weighted by Gasteiger charge is 2.24. The number of halogens is 2. The molecule has 0 unspecified atom stereocenters. The summed E-state index contributed by atoms with van der Waals surface area (Å²) in [5, 5.41) is 10.1. The van der Waals surface area contributed by atoms with Gasteiger partial charge in [-0.05, 0) is 5.56 Å². The molecule has 0 amide bonds. The molecule has 15 heavy (non-hydrogen) atoms. The Morgan fingerprint density at radius 2 is 1.93 bits per heavy atom. The number of nitrogens with zero attached hydrogens (tertiary/aromatic N) is 1. The summed E-state index contributed by atoms with van der Waals surface area (Å²) in [5.74, 6) is -0.552. The summed E-state index contributed by atoms with van der Waals surface area (Å²) in [6.07, 6.45) is 0. The lowest BCUT2D eigenvalue weighted by atomic mass is 9.40. The van der Waals surface area contributed by atoms with Gasteiger partial charge in [0.25, 0.3) is 5.69 Å². The van der Waals surface area contributed by atoms with E-state index >= 15 is 0 Å². The number of hydrogen-bond donors (Lipinski definition) is 0. The van der Waals surface area contributed by atoms with Crippen LogP contribution in [0.1, 0.15) is 5.56 Å². The van der Waals surface area contributed by atoms with Gasteiger partial charge in [-0.25, -0.2) is 4.39 Å². The minimum Gasteiger partial charge on any atom is -0.258 e. The Kier molecular flexibility index (Phi) is 3.28. The number of hydrogen-bond acceptors (Lipinski definition) is 2. The molecule has 0 aliphatic heterocycles. The molecule has 1 rings (SSSR count). The van der Waals surface area contributed by atoms with Crippen molar-refractivity contribution in [1.29, 1.82) is 0 Å². The lowest BCUT2D eigenvalue weighted by Gasteiger charge is -2.21. The summed E-state index contributed by atoms with van der Waals surface area (Å²) < 4.78 is 14.1. The molecule has 8 heteroatoms. The van der Waals surface area contributed by atoms with Crippen LogP contribution in [0.3, 0.4) is 0 Å². The van der Waals surface area contributed by atoms with Crippen LogP contribution >= 0.6 is 15.9 Å². The fourth-order valence-electron chi connectivity index (χ4n) is 1.38. The van der Waals surface area contributed by atoms with Gasteiger partial charge in [0, 0.05) is 10.5 Å². The first kappa shape index (κ1) is 12.3. The number of rotatable bonds is 2. The minimum atomic E-state index is -0.611. The Labute approximate surface area is 97.9 Å². The number of nitro benzene ring substituents is 1. The molecule has 0 aliphatic rings. The maximum Gasteiger partial charge on any atom is 0.273 e. The van der Waals surface area contributed by atoms with Gasteiger partial charge in [0.1, 0.15) is 5.82 Å². The lowest BCUT2D eigenvalue weighted by molar-refractivity contribution is -0.385. The smallest absolute Gasteiger partial charge is 0.258 e. The quantitative estimate of drug-likeness (QED) is 0.413. The second-order valence-corrected chi connectivity index (χ2v) is 5.15. The van der Waals surface area contributed by atoms with Crippen molar-refractivity contribution in [3.05, 3.63) is 38.1 Å². The molecule has 0 spiro atoms. The van der Waals surface area contributed by atoms with Gasteiger partial charge in [-0.1, -0.05) is 21.0 Å². The Balaban J connectivity index is 3.41. The molecule has 0 saturated carbocycles. The van der Waals surface area contributed by atoms with Gasteiger partial charge in [-0.3, -0.25) is 10.1 Å². The molecule has 1 aromatic rings. The third kappa shape index (κ3) is 2.62. The summed E-state index contributed by atoms with van der Waals surface area (Å²) in [6, 6.07) is 2.27. The van der Waals surface area contributed by atoms with Gasteiger partial charge in [-0.15, -0.1) is 0 Å². The minimum absolute atomic E-state index is 0.243. The molecule has 0 N–H and O–H groups in total. The van der Waals surface area contributed by atoms with Crippen LogP contribution in [0.5, 0.6) is 0 Å². The van der Waals surface area contributed by atoms with Crippen LogP contribution in [0.4, 0.5) is 10.1 Å². The van der Waals surface area contributed by atoms with Crippen LogP contribution in [-0.2, 0) is 5.11 Å². The molecule has 3 nitrogen and oxygen atoms in total. The largest absolute Gasteiger partial charge is 0.273 e. The van der Waals surface area contributed by atoms with Crippen LogP contribution in [-0.4, -0.2) is 28.5 Å². The second-order valence-electron chi connectivity index (χ2n) is 4.29. The highest BCUT2D eigenvalue weighted by Crippen LogP contribution is 2.30. The molecule has 0 aromatic heterocycles. The van der Waals surface area contributed by atoms with Gasteiger partial charge in [0.15, 0.2) is 0 Å². The van der Waals surface area contributed by atoms with Crippen molar-refractivity contribution < 1.29 is 9.31 Å². The van der Waals surface area contributed by atoms with E-state index in [0.29, 0.717) is 10.0 Å². The van der Waals surface area contributed by atoms with Gasteiger partial charge in [0.05, 0.1) is 34.5 Å². The predicted octanol–water partition coefficient (Wildman–Crippen LogP) is -0.494. The standard InChI is InChI=1S/C7H8B3BrFNO2/c8-7(9,10)6-4(11)1-3(13(14)15)2-5(6)12/h1-2H,8-10H2. The summed E-state index contributed by atoms with van der Waals surface area (Å²) in [6.45, 7) is 0. The van der Waals surface area contributed by atoms with Gasteiger partial charge in [0.2, 0.25) is 0 Å². The van der Waals surface area contributed by atoms with Crippen LogP contribution in [0.15, 0.2) is 16.6 Å². The Bertz CT molecular complexity index is 398. The molecule has 1 aromatic carbocycles. The highest BCUT2D eigenvalue weighted by atomic mass is 79.9. The number of non-ortho nitro benzene ring substituents is 1. The third-order valence-electron chi connectivity index (χ3n) is 1.99. The Morgan fingerprint density at radius 3 is 2.27 bits per heavy atom. The van der Waals surface area contributed by atoms with E-state index in [9.17, 15) is 14.5 Å². The molecular formula is C7H8B3BrFNO2. The van der Waals surface area contributed by atoms with Crippen molar-refractivity contribution in [1.82, 2.24) is 0 Å². The normalized spacial score (nSPS) is 11.3. The van der Waals surface area contributed by atoms with E-state index in [1.807, 2.05) is 23.5 Å². The topological polar surface area (TPSA) is 43.1 Å². The fourth-order valence-corrected chi connectivity index (χ4v) is 2.40. The summed E-state index contributed by atoms with van der Waals surface area (Å²) in [7, 11) is 5.55. The summed E-state index contributed by atoms with van der Waals surface area (Å²) in [5.41, 5.74) is 0.209. The molecular weight excluding hydrogens is 261 g/mol. The van der Waals surface area contributed by atoms with E-state index in [0.717, 1.165) is 6.07 Å². The first-order chi connectivity index (χ1) is 6.73. The van der Waals surface area contributed by atoms with E-state index in [1.165, 1.54) is 6.07 Å². The zero-order valence-corrected chi connectivity index (χ0v) is 10.3. The fraction of sp³-hybridized carbons (Fsp3) is 0.143. The molecule has 0 saturated heterocycles. The monoisotopic (exact) mass is 269 g/mol. The maximum absolute atomic E-state index is 13.6. The van der Waals surface area contributed by atoms with Crippen molar-refractivity contribution >= 4 is 45.2 Å². The maximum atomic E-state index is 13.6. The molecule has 0 heterocycles. The number of nitro groups is 1. The van der Waals surface area contributed by atoms with Crippen LogP contribution in [0.2, 0.25) is 0 Å². The molecule has 0 fully saturated rings. The van der Waals surface area contributed by atoms with Crippen LogP contribution < -0.4 is 0 Å². The average Bonchev–Trinajstić information content (AvgIpc) is 1.99. The first-order valence-corrected chi connectivity index (χ1v) is 5.16. The first-order valence-electron chi connectivity index (χ1n) is 4.37. The Morgan fingerprint density at radius 1 is 1.40 bits per heavy atom. The molecule has 0 bridgehead atoms. The average molecular weight is 269 g/mol. The van der Waals surface area contributed by atoms with Crippen molar-refractivity contribution in [2.45, 2.75) is 5.11 Å². The van der Waals surface area contributed by atoms with Gasteiger partial charge >= 0.3 is 0 Å². The van der Waals surface area contributed by atoms with Crippen molar-refractivity contribution in [2.75, 3.05) is 0 Å². The zero-order valence-electron chi connectivity index (χ0n) is 8.67. The van der Waals surface area contributed by atoms with E-state index in [-0.39, 0.29) is 5.69 Å². The Hall–Kier alpha value is -0.775. The van der Waals surface area contributed by atoms with Gasteiger partial charge < -0.3 is 0 Å². The van der Waals surface area contributed by atoms with Crippen molar-refractivity contribution in [3.8, 4) is 0 Å². The third-order valence-corrected chi connectivity index (χ3v) is 2.61. The van der Waals surface area contributed by atoms with Crippen LogP contribution in [0, 0.1) is 15.9 Å². The van der Waals surface area contributed by atoms with Crippen molar-refractivity contribution in [3.63, 3.8) is 0 Å². The van der Waals surface area contributed by atoms with E-state index in [4.69, 9.17) is 0 Å². The molecule has 0 radical (unpaired) electrons. The molecule has 0 atom stereocenters. The highest BCUT2D eigenvalue weighted by molar-refractivity contribution is 9.10. The van der Waals surface area contributed by atoms with E-state index < -0.39 is 15.9 Å². The van der Waals surface area contributed by atoms with Gasteiger partial charge in [-0.2, -0.15) is 0 Å². The number of benzene rings is 1. The summed E-state index contributed by atoms with van der Waals surface area (Å²) in [4.78, 5) is 9.87. The van der Waals surface area contributed by atoms with E-state index in [2.05, 4.69) is 15.9 Å². The van der Waals surface area contributed by atoms with E-state index in [1.54, 1.807) is 0 Å². The summed E-state index contributed by atoms with van der Waals surface area (Å²) >= 11 is 3.16. The zero-order chi connectivity index (χ0) is 11.8. The van der Waals surface area contributed by atoms with Crippen LogP contribution in [0.25, 0.3) is 0 Å². The SMILES string of the molecule is BC(B)(B)c1c(F)cc([N+](=O)[O-])cc1Br.